The Bertz CT molecular complexity index is 428. The fourth-order valence-corrected chi connectivity index (χ4v) is 1.86. The van der Waals surface area contributed by atoms with Crippen LogP contribution in [0.3, 0.4) is 0 Å². The number of hydrogen-bond acceptors (Lipinski definition) is 2. The van der Waals surface area contributed by atoms with Crippen LogP contribution in [0.15, 0.2) is 12.1 Å². The minimum atomic E-state index is -0.816. The SMILES string of the molecule is Cc1c(CCC(=O)O)ccc(C(C)(C)C)c1O. The van der Waals surface area contributed by atoms with Crippen molar-refractivity contribution in [3.05, 3.63) is 28.8 Å². The second-order valence-corrected chi connectivity index (χ2v) is 5.39. The van der Waals surface area contributed by atoms with Crippen molar-refractivity contribution in [2.45, 2.75) is 46.0 Å². The van der Waals surface area contributed by atoms with E-state index >= 15 is 0 Å². The third-order valence-corrected chi connectivity index (χ3v) is 2.96. The van der Waals surface area contributed by atoms with Crippen LogP contribution in [0.2, 0.25) is 0 Å². The second kappa shape index (κ2) is 4.78. The maximum atomic E-state index is 10.5. The number of aromatic hydroxyl groups is 1. The molecular formula is C14H20O3. The standard InChI is InChI=1S/C14H20O3/c1-9-10(6-8-12(15)16)5-7-11(13(9)17)14(2,3)4/h5,7,17H,6,8H2,1-4H3,(H,15,16). The number of carboxylic acid groups (broad SMARTS) is 1. The first-order valence-electron chi connectivity index (χ1n) is 5.77. The molecule has 0 aliphatic rings. The minimum absolute atomic E-state index is 0.0924. The Morgan fingerprint density at radius 1 is 1.29 bits per heavy atom. The van der Waals surface area contributed by atoms with Crippen molar-refractivity contribution >= 4 is 5.97 Å². The average Bonchev–Trinajstić information content (AvgIpc) is 2.18. The van der Waals surface area contributed by atoms with E-state index in [0.717, 1.165) is 16.7 Å². The molecule has 0 aromatic heterocycles. The van der Waals surface area contributed by atoms with E-state index < -0.39 is 5.97 Å². The zero-order valence-electron chi connectivity index (χ0n) is 10.9. The highest BCUT2D eigenvalue weighted by molar-refractivity contribution is 5.67. The monoisotopic (exact) mass is 236 g/mol. The van der Waals surface area contributed by atoms with Crippen LogP contribution in [0.1, 0.15) is 43.9 Å². The highest BCUT2D eigenvalue weighted by atomic mass is 16.4. The molecule has 0 spiro atoms. The lowest BCUT2D eigenvalue weighted by Gasteiger charge is -2.22. The summed E-state index contributed by atoms with van der Waals surface area (Å²) in [5.74, 6) is -0.524. The third-order valence-electron chi connectivity index (χ3n) is 2.96. The van der Waals surface area contributed by atoms with Crippen LogP contribution in [0.25, 0.3) is 0 Å². The predicted octanol–water partition coefficient (Wildman–Crippen LogP) is 3.02. The number of aryl methyl sites for hydroxylation is 1. The topological polar surface area (TPSA) is 57.5 Å². The molecule has 1 aromatic rings. The van der Waals surface area contributed by atoms with E-state index in [1.54, 1.807) is 0 Å². The quantitative estimate of drug-likeness (QED) is 0.848. The molecule has 1 rings (SSSR count). The van der Waals surface area contributed by atoms with Crippen molar-refractivity contribution in [2.24, 2.45) is 0 Å². The van der Waals surface area contributed by atoms with Gasteiger partial charge in [0, 0.05) is 6.42 Å². The molecule has 0 bridgehead atoms. The van der Waals surface area contributed by atoms with Crippen molar-refractivity contribution in [3.63, 3.8) is 0 Å². The average molecular weight is 236 g/mol. The van der Waals surface area contributed by atoms with Gasteiger partial charge >= 0.3 is 5.97 Å². The van der Waals surface area contributed by atoms with Crippen molar-refractivity contribution in [1.82, 2.24) is 0 Å². The van der Waals surface area contributed by atoms with Gasteiger partial charge in [-0.25, -0.2) is 0 Å². The van der Waals surface area contributed by atoms with Gasteiger partial charge in [-0.2, -0.15) is 0 Å². The largest absolute Gasteiger partial charge is 0.507 e. The van der Waals surface area contributed by atoms with E-state index in [-0.39, 0.29) is 11.8 Å². The lowest BCUT2D eigenvalue weighted by Crippen LogP contribution is -2.12. The number of hydrogen-bond donors (Lipinski definition) is 2. The molecule has 0 unspecified atom stereocenters. The second-order valence-electron chi connectivity index (χ2n) is 5.39. The van der Waals surface area contributed by atoms with E-state index in [9.17, 15) is 9.90 Å². The Hall–Kier alpha value is -1.51. The molecule has 0 aliphatic carbocycles. The molecule has 2 N–H and O–H groups in total. The van der Waals surface area contributed by atoms with E-state index in [2.05, 4.69) is 0 Å². The van der Waals surface area contributed by atoms with Gasteiger partial charge in [0.25, 0.3) is 0 Å². The Morgan fingerprint density at radius 2 is 1.88 bits per heavy atom. The molecule has 1 aromatic carbocycles. The van der Waals surface area contributed by atoms with Gasteiger partial charge in [-0.05, 0) is 35.4 Å². The van der Waals surface area contributed by atoms with Gasteiger partial charge in [0.2, 0.25) is 0 Å². The van der Waals surface area contributed by atoms with Crippen LogP contribution in [0.5, 0.6) is 5.75 Å². The first kappa shape index (κ1) is 13.6. The van der Waals surface area contributed by atoms with Gasteiger partial charge in [-0.3, -0.25) is 4.79 Å². The summed E-state index contributed by atoms with van der Waals surface area (Å²) < 4.78 is 0. The summed E-state index contributed by atoms with van der Waals surface area (Å²) in [5, 5.41) is 18.8. The van der Waals surface area contributed by atoms with Gasteiger partial charge in [0.05, 0.1) is 0 Å². The van der Waals surface area contributed by atoms with Crippen LogP contribution in [-0.4, -0.2) is 16.2 Å². The molecule has 0 heterocycles. The maximum absolute atomic E-state index is 10.5. The summed E-state index contributed by atoms with van der Waals surface area (Å²) in [6.07, 6.45) is 0.550. The van der Waals surface area contributed by atoms with Crippen LogP contribution in [0, 0.1) is 6.92 Å². The van der Waals surface area contributed by atoms with Gasteiger partial charge in [-0.1, -0.05) is 32.9 Å². The van der Waals surface area contributed by atoms with Gasteiger partial charge < -0.3 is 10.2 Å². The minimum Gasteiger partial charge on any atom is -0.507 e. The number of phenolic OH excluding ortho intramolecular Hbond substituents is 1. The number of aliphatic carboxylic acids is 1. The molecule has 0 atom stereocenters. The lowest BCUT2D eigenvalue weighted by atomic mass is 9.84. The fourth-order valence-electron chi connectivity index (χ4n) is 1.86. The van der Waals surface area contributed by atoms with Crippen molar-refractivity contribution in [1.29, 1.82) is 0 Å². The van der Waals surface area contributed by atoms with Crippen LogP contribution < -0.4 is 0 Å². The van der Waals surface area contributed by atoms with Crippen LogP contribution >= 0.6 is 0 Å². The molecule has 0 saturated heterocycles. The lowest BCUT2D eigenvalue weighted by molar-refractivity contribution is -0.136. The maximum Gasteiger partial charge on any atom is 0.303 e. The molecular weight excluding hydrogens is 216 g/mol. The highest BCUT2D eigenvalue weighted by Gasteiger charge is 2.20. The van der Waals surface area contributed by atoms with E-state index in [1.807, 2.05) is 39.8 Å². The first-order chi connectivity index (χ1) is 7.73. The van der Waals surface area contributed by atoms with E-state index in [4.69, 9.17) is 5.11 Å². The number of carboxylic acids is 1. The van der Waals surface area contributed by atoms with Crippen LogP contribution in [-0.2, 0) is 16.6 Å². The summed E-state index contributed by atoms with van der Waals surface area (Å²) in [7, 11) is 0. The predicted molar refractivity (Wildman–Crippen MR) is 67.5 cm³/mol. The Balaban J connectivity index is 3.07. The normalized spacial score (nSPS) is 11.5. The van der Waals surface area contributed by atoms with Crippen molar-refractivity contribution < 1.29 is 15.0 Å². The Morgan fingerprint density at radius 3 is 2.35 bits per heavy atom. The number of carbonyl (C=O) groups is 1. The molecule has 17 heavy (non-hydrogen) atoms. The highest BCUT2D eigenvalue weighted by Crippen LogP contribution is 2.34. The van der Waals surface area contributed by atoms with Gasteiger partial charge in [0.1, 0.15) is 5.75 Å². The molecule has 0 amide bonds. The summed E-state index contributed by atoms with van der Waals surface area (Å²) in [6, 6.07) is 3.80. The number of benzene rings is 1. The molecule has 0 fully saturated rings. The zero-order chi connectivity index (χ0) is 13.2. The summed E-state index contributed by atoms with van der Waals surface area (Å²) in [4.78, 5) is 10.5. The number of rotatable bonds is 3. The number of phenols is 1. The van der Waals surface area contributed by atoms with E-state index in [1.165, 1.54) is 0 Å². The molecule has 0 aliphatic heterocycles. The van der Waals surface area contributed by atoms with Gasteiger partial charge in [-0.15, -0.1) is 0 Å². The van der Waals surface area contributed by atoms with Crippen molar-refractivity contribution in [3.8, 4) is 5.75 Å². The van der Waals surface area contributed by atoms with E-state index in [0.29, 0.717) is 12.2 Å². The Kier molecular flexibility index (Phi) is 3.81. The summed E-state index contributed by atoms with van der Waals surface area (Å²) >= 11 is 0. The zero-order valence-corrected chi connectivity index (χ0v) is 10.9. The molecule has 3 nitrogen and oxygen atoms in total. The Labute approximate surface area is 102 Å². The first-order valence-corrected chi connectivity index (χ1v) is 5.77. The summed E-state index contributed by atoms with van der Waals surface area (Å²) in [5.41, 5.74) is 2.48. The molecule has 3 heteroatoms. The summed E-state index contributed by atoms with van der Waals surface area (Å²) in [6.45, 7) is 7.96. The smallest absolute Gasteiger partial charge is 0.303 e. The molecule has 0 saturated carbocycles. The van der Waals surface area contributed by atoms with Gasteiger partial charge in [0.15, 0.2) is 0 Å². The third kappa shape index (κ3) is 3.22. The van der Waals surface area contributed by atoms with Crippen LogP contribution in [0.4, 0.5) is 0 Å². The molecule has 0 radical (unpaired) electrons. The van der Waals surface area contributed by atoms with Crippen molar-refractivity contribution in [2.75, 3.05) is 0 Å². The fraction of sp³-hybridized carbons (Fsp3) is 0.500. The molecule has 94 valence electrons.